The number of amides is 1. The van der Waals surface area contributed by atoms with Gasteiger partial charge in [-0.2, -0.15) is 22.6 Å². The van der Waals surface area contributed by atoms with E-state index in [1.165, 1.54) is 0 Å². The van der Waals surface area contributed by atoms with E-state index in [4.69, 9.17) is 23.2 Å². The predicted molar refractivity (Wildman–Crippen MR) is 133 cm³/mol. The second-order valence-electron chi connectivity index (χ2n) is 9.18. The molecule has 1 amide bonds. The molecule has 0 bridgehead atoms. The van der Waals surface area contributed by atoms with Crippen LogP contribution in [0.15, 0.2) is 24.4 Å². The van der Waals surface area contributed by atoms with Crippen molar-refractivity contribution < 1.29 is 41.4 Å². The summed E-state index contributed by atoms with van der Waals surface area (Å²) in [5, 5.41) is 12.7. The molecule has 0 saturated heterocycles. The number of rotatable bonds is 8. The van der Waals surface area contributed by atoms with Crippen LogP contribution in [0.4, 0.5) is 22.0 Å². The average molecular weight is 625 g/mol. The number of nitrogens with zero attached hydrogens (tertiary/aromatic N) is 4. The van der Waals surface area contributed by atoms with Gasteiger partial charge in [-0.1, -0.05) is 23.2 Å². The SMILES string of the molecule is O=C(CN(Cc1cc(F)cc(F)c1)C(=O)c1cnn([C@H]2CC[C@H](C(=O)O)CC2)c1C(F)(F)F)c1c(Cl)nsc1Cl. The number of carboxylic acid groups (broad SMARTS) is 1. The van der Waals surface area contributed by atoms with Gasteiger partial charge in [0.15, 0.2) is 16.6 Å². The first-order valence-electron chi connectivity index (χ1n) is 11.7. The van der Waals surface area contributed by atoms with Crippen molar-refractivity contribution in [2.75, 3.05) is 6.54 Å². The molecule has 4 rings (SSSR count). The molecule has 1 fully saturated rings. The fourth-order valence-electron chi connectivity index (χ4n) is 4.67. The largest absolute Gasteiger partial charge is 0.481 e. The number of alkyl halides is 3. The number of carbonyl (C=O) groups excluding carboxylic acids is 2. The van der Waals surface area contributed by atoms with Gasteiger partial charge in [0.05, 0.1) is 35.8 Å². The molecule has 8 nitrogen and oxygen atoms in total. The number of hydrogen-bond donors (Lipinski definition) is 1. The quantitative estimate of drug-likeness (QED) is 0.233. The van der Waals surface area contributed by atoms with Crippen LogP contribution in [0.2, 0.25) is 9.49 Å². The highest BCUT2D eigenvalue weighted by Gasteiger charge is 2.43. The molecule has 0 spiro atoms. The highest BCUT2D eigenvalue weighted by molar-refractivity contribution is 7.11. The van der Waals surface area contributed by atoms with E-state index in [9.17, 15) is 41.4 Å². The predicted octanol–water partition coefficient (Wildman–Crippen LogP) is 6.28. The minimum atomic E-state index is -5.06. The van der Waals surface area contributed by atoms with E-state index in [1.807, 2.05) is 0 Å². The average Bonchev–Trinajstić information content (AvgIpc) is 3.46. The summed E-state index contributed by atoms with van der Waals surface area (Å²) in [4.78, 5) is 38.5. The number of halogens is 7. The van der Waals surface area contributed by atoms with Crippen molar-refractivity contribution in [3.8, 4) is 0 Å². The lowest BCUT2D eigenvalue weighted by Gasteiger charge is -2.28. The van der Waals surface area contributed by atoms with Crippen LogP contribution in [0.1, 0.15) is 63.7 Å². The van der Waals surface area contributed by atoms with Gasteiger partial charge in [-0.05, 0) is 54.9 Å². The lowest BCUT2D eigenvalue weighted by atomic mass is 9.86. The van der Waals surface area contributed by atoms with Crippen molar-refractivity contribution in [1.29, 1.82) is 0 Å². The smallest absolute Gasteiger partial charge is 0.433 e. The molecule has 1 aliphatic carbocycles. The van der Waals surface area contributed by atoms with Gasteiger partial charge in [-0.15, -0.1) is 0 Å². The maximum absolute atomic E-state index is 14.3. The van der Waals surface area contributed by atoms with Crippen molar-refractivity contribution in [2.45, 2.75) is 44.4 Å². The molecular formula is C24H19Cl2F5N4O4S. The highest BCUT2D eigenvalue weighted by atomic mass is 35.5. The van der Waals surface area contributed by atoms with E-state index in [2.05, 4.69) is 9.47 Å². The van der Waals surface area contributed by atoms with E-state index >= 15 is 0 Å². The first-order chi connectivity index (χ1) is 18.8. The number of aromatic nitrogens is 3. The van der Waals surface area contributed by atoms with Gasteiger partial charge in [0.25, 0.3) is 5.91 Å². The van der Waals surface area contributed by atoms with Crippen molar-refractivity contribution in [3.63, 3.8) is 0 Å². The number of carboxylic acids is 1. The summed E-state index contributed by atoms with van der Waals surface area (Å²) in [5.41, 5.74) is -2.66. The van der Waals surface area contributed by atoms with Crippen molar-refractivity contribution in [1.82, 2.24) is 19.1 Å². The van der Waals surface area contributed by atoms with E-state index in [1.54, 1.807) is 0 Å². The van der Waals surface area contributed by atoms with Gasteiger partial charge in [0.2, 0.25) is 0 Å². The summed E-state index contributed by atoms with van der Waals surface area (Å²) in [6.07, 6.45) is -3.92. The molecule has 0 aliphatic heterocycles. The third kappa shape index (κ3) is 6.44. The molecule has 1 aliphatic rings. The molecule has 0 atom stereocenters. The van der Waals surface area contributed by atoms with Crippen molar-refractivity contribution in [3.05, 3.63) is 67.9 Å². The highest BCUT2D eigenvalue weighted by Crippen LogP contribution is 2.39. The van der Waals surface area contributed by atoms with Crippen LogP contribution in [-0.2, 0) is 17.5 Å². The molecule has 1 saturated carbocycles. The molecule has 16 heteroatoms. The van der Waals surface area contributed by atoms with Crippen LogP contribution >= 0.6 is 34.7 Å². The number of hydrogen-bond acceptors (Lipinski definition) is 6. The van der Waals surface area contributed by atoms with Crippen molar-refractivity contribution in [2.24, 2.45) is 5.92 Å². The molecule has 40 heavy (non-hydrogen) atoms. The maximum Gasteiger partial charge on any atom is 0.433 e. The van der Waals surface area contributed by atoms with Crippen LogP contribution < -0.4 is 0 Å². The molecule has 2 aromatic heterocycles. The van der Waals surface area contributed by atoms with E-state index in [0.29, 0.717) is 33.4 Å². The molecule has 214 valence electrons. The molecule has 2 heterocycles. The molecule has 1 N–H and O–H groups in total. The molecule has 0 radical (unpaired) electrons. The zero-order valence-electron chi connectivity index (χ0n) is 20.2. The standard InChI is InChI=1S/C24H19Cl2F5N4O4S/c25-20-18(21(26)40-33-20)17(36)10-34(9-11-5-13(27)7-14(28)6-11)22(37)16-8-32-35(19(16)24(29,30)31)15-3-1-12(2-4-15)23(38)39/h5-8,12,15H,1-4,9-10H2,(H,38,39)/t12-,15-. The third-order valence-electron chi connectivity index (χ3n) is 6.49. The number of benzene rings is 1. The Labute approximate surface area is 237 Å². The van der Waals surface area contributed by atoms with Crippen LogP contribution in [0.5, 0.6) is 0 Å². The lowest BCUT2D eigenvalue weighted by molar-refractivity contribution is -0.147. The topological polar surface area (TPSA) is 105 Å². The lowest BCUT2D eigenvalue weighted by Crippen LogP contribution is -2.37. The Morgan fingerprint density at radius 2 is 1.70 bits per heavy atom. The Balaban J connectivity index is 1.71. The van der Waals surface area contributed by atoms with E-state index in [0.717, 1.165) is 12.1 Å². The first-order valence-corrected chi connectivity index (χ1v) is 13.2. The van der Waals surface area contributed by atoms with Gasteiger partial charge in [0.1, 0.15) is 16.0 Å². The molecule has 1 aromatic carbocycles. The summed E-state index contributed by atoms with van der Waals surface area (Å²) in [6, 6.07) is 1.49. The molecule has 0 unspecified atom stereocenters. The van der Waals surface area contributed by atoms with Crippen LogP contribution in [0.25, 0.3) is 0 Å². The number of carbonyl (C=O) groups is 3. The summed E-state index contributed by atoms with van der Waals surface area (Å²) >= 11 is 12.6. The van der Waals surface area contributed by atoms with Crippen LogP contribution in [0.3, 0.4) is 0 Å². The van der Waals surface area contributed by atoms with Gasteiger partial charge < -0.3 is 10.0 Å². The Hall–Kier alpha value is -3.10. The summed E-state index contributed by atoms with van der Waals surface area (Å²) in [6.45, 7) is -1.49. The minimum Gasteiger partial charge on any atom is -0.481 e. The van der Waals surface area contributed by atoms with Gasteiger partial charge in [0, 0.05) is 12.6 Å². The third-order valence-corrected chi connectivity index (χ3v) is 7.90. The van der Waals surface area contributed by atoms with Crippen molar-refractivity contribution >= 4 is 52.4 Å². The fourth-order valence-corrected chi connectivity index (χ4v) is 5.93. The monoisotopic (exact) mass is 624 g/mol. The van der Waals surface area contributed by atoms with E-state index < -0.39 is 71.8 Å². The van der Waals surface area contributed by atoms with Crippen LogP contribution in [0, 0.1) is 17.6 Å². The maximum atomic E-state index is 14.3. The molecular weight excluding hydrogens is 606 g/mol. The minimum absolute atomic E-state index is 0.0856. The van der Waals surface area contributed by atoms with Gasteiger partial charge in [-0.3, -0.25) is 19.1 Å². The molecule has 3 aromatic rings. The number of aliphatic carboxylic acids is 1. The number of Topliss-reactive ketones (excluding diaryl/α,β-unsaturated/α-hetero) is 1. The van der Waals surface area contributed by atoms with E-state index in [-0.39, 0.29) is 46.3 Å². The zero-order chi connectivity index (χ0) is 29.4. The second kappa shape index (κ2) is 11.8. The Kier molecular flexibility index (Phi) is 8.80. The number of ketones is 1. The van der Waals surface area contributed by atoms with Gasteiger partial charge in [-0.25, -0.2) is 8.78 Å². The normalized spacial score (nSPS) is 17.6. The fraction of sp³-hybridized carbons (Fsp3) is 0.375. The summed E-state index contributed by atoms with van der Waals surface area (Å²) in [5.74, 6) is -5.87. The summed E-state index contributed by atoms with van der Waals surface area (Å²) < 4.78 is 74.9. The Morgan fingerprint density at radius 3 is 2.23 bits per heavy atom. The van der Waals surface area contributed by atoms with Gasteiger partial charge >= 0.3 is 12.1 Å². The first kappa shape index (κ1) is 29.9. The Morgan fingerprint density at radius 1 is 1.07 bits per heavy atom. The van der Waals surface area contributed by atoms with Crippen LogP contribution in [-0.4, -0.2) is 48.4 Å². The Bertz CT molecular complexity index is 1410. The second-order valence-corrected chi connectivity index (χ2v) is 10.9. The summed E-state index contributed by atoms with van der Waals surface area (Å²) in [7, 11) is 0. The zero-order valence-corrected chi connectivity index (χ0v) is 22.5.